The lowest BCUT2D eigenvalue weighted by Crippen LogP contribution is -2.49. The van der Waals surface area contributed by atoms with Gasteiger partial charge in [0.25, 0.3) is 0 Å². The average Bonchev–Trinajstić information content (AvgIpc) is 2.77. The number of hydrogen-bond acceptors (Lipinski definition) is 2. The van der Waals surface area contributed by atoms with E-state index in [0.717, 1.165) is 16.8 Å². The van der Waals surface area contributed by atoms with Crippen molar-refractivity contribution in [2.24, 2.45) is 5.41 Å². The molecule has 1 amide bonds. The number of ether oxygens (including phenoxy) is 1. The number of nitrogens with one attached hydrogen (secondary N) is 1. The minimum absolute atomic E-state index is 0.0480. The highest BCUT2D eigenvalue weighted by atomic mass is 16.5. The van der Waals surface area contributed by atoms with Crippen LogP contribution in [0.25, 0.3) is 0 Å². The maximum atomic E-state index is 12.2. The third kappa shape index (κ3) is 2.24. The summed E-state index contributed by atoms with van der Waals surface area (Å²) in [6, 6.07) is 10.1. The second-order valence-electron chi connectivity index (χ2n) is 5.60. The molecule has 0 bridgehead atoms. The molecule has 0 saturated heterocycles. The Labute approximate surface area is 125 Å². The van der Waals surface area contributed by atoms with Gasteiger partial charge in [0.2, 0.25) is 5.91 Å². The number of rotatable bonds is 5. The molecule has 1 aromatic rings. The maximum absolute atomic E-state index is 12.2. The zero-order valence-electron chi connectivity index (χ0n) is 12.0. The van der Waals surface area contributed by atoms with Crippen LogP contribution in [0, 0.1) is 5.41 Å². The highest BCUT2D eigenvalue weighted by Crippen LogP contribution is 2.52. The first-order valence-electron chi connectivity index (χ1n) is 7.16. The standard InChI is InChI=1S/C18H19NO2/c1-3-15-16(4-2)19-17(20)18(15)10-14(11-18)21-12-13-8-6-5-7-9-13/h3-9,14H,1-2,10-12H2,(H,19,20). The largest absolute Gasteiger partial charge is 0.373 e. The predicted octanol–water partition coefficient (Wildman–Crippen LogP) is 3.11. The fraction of sp³-hybridized carbons (Fsp3) is 0.278. The number of carbonyl (C=O) groups excluding carboxylic acids is 1. The molecule has 3 heteroatoms. The molecule has 1 fully saturated rings. The van der Waals surface area contributed by atoms with Crippen LogP contribution in [0.15, 0.2) is 66.9 Å². The van der Waals surface area contributed by atoms with Crippen molar-refractivity contribution < 1.29 is 9.53 Å². The van der Waals surface area contributed by atoms with E-state index in [2.05, 4.69) is 18.5 Å². The van der Waals surface area contributed by atoms with E-state index < -0.39 is 5.41 Å². The SMILES string of the molecule is C=CC1=C(C=C)C2(CC(OCc3ccccc3)C2)C(=O)N1. The van der Waals surface area contributed by atoms with Crippen LogP contribution in [-0.4, -0.2) is 12.0 Å². The van der Waals surface area contributed by atoms with Crippen molar-refractivity contribution in [2.75, 3.05) is 0 Å². The van der Waals surface area contributed by atoms with Crippen LogP contribution in [0.1, 0.15) is 18.4 Å². The van der Waals surface area contributed by atoms with E-state index in [4.69, 9.17) is 4.74 Å². The van der Waals surface area contributed by atoms with Gasteiger partial charge in [-0.3, -0.25) is 4.79 Å². The molecule has 1 heterocycles. The average molecular weight is 281 g/mol. The van der Waals surface area contributed by atoms with Crippen molar-refractivity contribution in [3.63, 3.8) is 0 Å². The molecular weight excluding hydrogens is 262 g/mol. The smallest absolute Gasteiger partial charge is 0.235 e. The molecule has 0 aromatic heterocycles. The zero-order valence-corrected chi connectivity index (χ0v) is 12.0. The summed E-state index contributed by atoms with van der Waals surface area (Å²) in [4.78, 5) is 12.2. The minimum atomic E-state index is -0.452. The summed E-state index contributed by atoms with van der Waals surface area (Å²) in [7, 11) is 0. The zero-order chi connectivity index (χ0) is 14.9. The van der Waals surface area contributed by atoms with Gasteiger partial charge in [0.15, 0.2) is 0 Å². The molecule has 2 aliphatic rings. The van der Waals surface area contributed by atoms with E-state index in [9.17, 15) is 4.79 Å². The number of benzene rings is 1. The monoisotopic (exact) mass is 281 g/mol. The molecule has 108 valence electrons. The fourth-order valence-electron chi connectivity index (χ4n) is 3.18. The molecule has 1 spiro atoms. The van der Waals surface area contributed by atoms with Gasteiger partial charge >= 0.3 is 0 Å². The van der Waals surface area contributed by atoms with Crippen molar-refractivity contribution in [3.8, 4) is 0 Å². The number of allylic oxidation sites excluding steroid dienone is 2. The Balaban J connectivity index is 1.64. The quantitative estimate of drug-likeness (QED) is 0.900. The maximum Gasteiger partial charge on any atom is 0.235 e. The molecule has 1 aliphatic carbocycles. The number of hydrogen-bond donors (Lipinski definition) is 1. The molecule has 1 saturated carbocycles. The van der Waals surface area contributed by atoms with Gasteiger partial charge in [-0.2, -0.15) is 0 Å². The van der Waals surface area contributed by atoms with Crippen molar-refractivity contribution in [3.05, 3.63) is 72.5 Å². The molecule has 3 nitrogen and oxygen atoms in total. The van der Waals surface area contributed by atoms with Crippen LogP contribution in [0.5, 0.6) is 0 Å². The highest BCUT2D eigenvalue weighted by Gasteiger charge is 2.56. The van der Waals surface area contributed by atoms with Crippen LogP contribution < -0.4 is 5.32 Å². The Morgan fingerprint density at radius 1 is 1.24 bits per heavy atom. The summed E-state index contributed by atoms with van der Waals surface area (Å²) >= 11 is 0. The van der Waals surface area contributed by atoms with Crippen molar-refractivity contribution >= 4 is 5.91 Å². The van der Waals surface area contributed by atoms with Crippen LogP contribution in [0.2, 0.25) is 0 Å². The van der Waals surface area contributed by atoms with Crippen molar-refractivity contribution in [2.45, 2.75) is 25.6 Å². The predicted molar refractivity (Wildman–Crippen MR) is 82.2 cm³/mol. The van der Waals surface area contributed by atoms with E-state index >= 15 is 0 Å². The Bertz CT molecular complexity index is 609. The van der Waals surface area contributed by atoms with Crippen LogP contribution in [0.3, 0.4) is 0 Å². The topological polar surface area (TPSA) is 38.3 Å². The van der Waals surface area contributed by atoms with Crippen molar-refractivity contribution in [1.29, 1.82) is 0 Å². The van der Waals surface area contributed by atoms with Crippen molar-refractivity contribution in [1.82, 2.24) is 5.32 Å². The summed E-state index contributed by atoms with van der Waals surface area (Å²) in [5.74, 6) is 0.0480. The van der Waals surface area contributed by atoms with E-state index in [-0.39, 0.29) is 12.0 Å². The highest BCUT2D eigenvalue weighted by molar-refractivity contribution is 5.93. The lowest BCUT2D eigenvalue weighted by atomic mass is 9.62. The summed E-state index contributed by atoms with van der Waals surface area (Å²) in [5, 5.41) is 2.89. The van der Waals surface area contributed by atoms with E-state index in [1.165, 1.54) is 0 Å². The first kappa shape index (κ1) is 13.8. The van der Waals surface area contributed by atoms with Crippen LogP contribution in [-0.2, 0) is 16.1 Å². The molecule has 1 aromatic carbocycles. The van der Waals surface area contributed by atoms with Gasteiger partial charge in [0.05, 0.1) is 18.1 Å². The van der Waals surface area contributed by atoms with Gasteiger partial charge < -0.3 is 10.1 Å². The molecule has 3 rings (SSSR count). The Morgan fingerprint density at radius 3 is 2.57 bits per heavy atom. The lowest BCUT2D eigenvalue weighted by Gasteiger charge is -2.43. The van der Waals surface area contributed by atoms with Gasteiger partial charge in [-0.25, -0.2) is 0 Å². The lowest BCUT2D eigenvalue weighted by molar-refractivity contribution is -0.141. The fourth-order valence-corrected chi connectivity index (χ4v) is 3.18. The van der Waals surface area contributed by atoms with E-state index in [0.29, 0.717) is 19.4 Å². The van der Waals surface area contributed by atoms with E-state index in [1.807, 2.05) is 30.3 Å². The summed E-state index contributed by atoms with van der Waals surface area (Å²) < 4.78 is 5.90. The second kappa shape index (κ2) is 5.34. The third-order valence-electron chi connectivity index (χ3n) is 4.38. The third-order valence-corrected chi connectivity index (χ3v) is 4.38. The number of amides is 1. The van der Waals surface area contributed by atoms with Crippen LogP contribution >= 0.6 is 0 Å². The normalized spacial score (nSPS) is 27.4. The first-order valence-corrected chi connectivity index (χ1v) is 7.16. The Hall–Kier alpha value is -2.13. The summed E-state index contributed by atoms with van der Waals surface area (Å²) in [6.07, 6.45) is 4.99. The molecule has 21 heavy (non-hydrogen) atoms. The molecule has 0 atom stereocenters. The van der Waals surface area contributed by atoms with Gasteiger partial charge in [-0.15, -0.1) is 0 Å². The summed E-state index contributed by atoms with van der Waals surface area (Å²) in [5.41, 5.74) is 2.45. The molecule has 0 unspecified atom stereocenters. The first-order chi connectivity index (χ1) is 10.2. The van der Waals surface area contributed by atoms with E-state index in [1.54, 1.807) is 12.2 Å². The van der Waals surface area contributed by atoms with Crippen LogP contribution in [0.4, 0.5) is 0 Å². The van der Waals surface area contributed by atoms with Gasteiger partial charge in [-0.1, -0.05) is 49.6 Å². The van der Waals surface area contributed by atoms with Gasteiger partial charge in [0, 0.05) is 5.70 Å². The minimum Gasteiger partial charge on any atom is -0.373 e. The Morgan fingerprint density at radius 2 is 1.95 bits per heavy atom. The molecule has 0 radical (unpaired) electrons. The van der Waals surface area contributed by atoms with Gasteiger partial charge in [-0.05, 0) is 30.1 Å². The Kier molecular flexibility index (Phi) is 3.52. The number of carbonyl (C=O) groups is 1. The van der Waals surface area contributed by atoms with Gasteiger partial charge in [0.1, 0.15) is 0 Å². The molecule has 1 aliphatic heterocycles. The molecule has 1 N–H and O–H groups in total. The second-order valence-corrected chi connectivity index (χ2v) is 5.60. The molecular formula is C18H19NO2. The summed E-state index contributed by atoms with van der Waals surface area (Å²) in [6.45, 7) is 8.16.